The molecule has 104 valence electrons. The summed E-state index contributed by atoms with van der Waals surface area (Å²) in [5, 5.41) is 5.02. The van der Waals surface area contributed by atoms with Crippen molar-refractivity contribution in [2.24, 2.45) is 11.1 Å². The van der Waals surface area contributed by atoms with E-state index in [2.05, 4.69) is 4.98 Å². The van der Waals surface area contributed by atoms with Gasteiger partial charge in [-0.2, -0.15) is 0 Å². The van der Waals surface area contributed by atoms with E-state index < -0.39 is 10.0 Å². The Labute approximate surface area is 112 Å². The Hall–Kier alpha value is -1.47. The molecule has 1 fully saturated rings. The van der Waals surface area contributed by atoms with E-state index in [0.717, 1.165) is 12.0 Å². The highest BCUT2D eigenvalue weighted by molar-refractivity contribution is 7.89. The zero-order valence-electron chi connectivity index (χ0n) is 10.7. The zero-order valence-corrected chi connectivity index (χ0v) is 11.6. The van der Waals surface area contributed by atoms with Crippen LogP contribution in [0, 0.1) is 5.92 Å². The molecule has 2 heterocycles. The van der Waals surface area contributed by atoms with Gasteiger partial charge in [0.05, 0.1) is 5.75 Å². The molecule has 2 N–H and O–H groups in total. The van der Waals surface area contributed by atoms with Crippen LogP contribution in [0.3, 0.4) is 0 Å². The standard InChI is InChI=1S/C12H17N3O3S/c1-2-9-3-4-14-11(5-9)15-7-10(6-12(15)16)8-19(13,17)18/h3-5,10H,2,6-8H2,1H3,(H2,13,17,18). The molecular weight excluding hydrogens is 266 g/mol. The third-order valence-corrected chi connectivity index (χ3v) is 4.10. The highest BCUT2D eigenvalue weighted by atomic mass is 32.2. The molecule has 1 amide bonds. The first kappa shape index (κ1) is 14.0. The van der Waals surface area contributed by atoms with Gasteiger partial charge < -0.3 is 0 Å². The van der Waals surface area contributed by atoms with Crippen molar-refractivity contribution in [2.45, 2.75) is 19.8 Å². The van der Waals surface area contributed by atoms with E-state index in [1.54, 1.807) is 6.20 Å². The second-order valence-electron chi connectivity index (χ2n) is 4.78. The van der Waals surface area contributed by atoms with Crippen LogP contribution in [0.25, 0.3) is 0 Å². The average Bonchev–Trinajstić information content (AvgIpc) is 2.68. The van der Waals surface area contributed by atoms with E-state index >= 15 is 0 Å². The average molecular weight is 283 g/mol. The molecule has 1 saturated heterocycles. The number of sulfonamides is 1. The highest BCUT2D eigenvalue weighted by Crippen LogP contribution is 2.24. The smallest absolute Gasteiger partial charge is 0.228 e. The SMILES string of the molecule is CCc1ccnc(N2CC(CS(N)(=O)=O)CC2=O)c1. The summed E-state index contributed by atoms with van der Waals surface area (Å²) in [7, 11) is -3.55. The van der Waals surface area contributed by atoms with Gasteiger partial charge in [0, 0.05) is 25.1 Å². The van der Waals surface area contributed by atoms with E-state index in [9.17, 15) is 13.2 Å². The number of amides is 1. The molecule has 19 heavy (non-hydrogen) atoms. The van der Waals surface area contributed by atoms with Gasteiger partial charge in [-0.3, -0.25) is 9.69 Å². The van der Waals surface area contributed by atoms with Crippen LogP contribution < -0.4 is 10.0 Å². The molecule has 0 aliphatic carbocycles. The number of nitrogens with zero attached hydrogens (tertiary/aromatic N) is 2. The normalized spacial score (nSPS) is 20.0. The van der Waals surface area contributed by atoms with Gasteiger partial charge in [-0.1, -0.05) is 6.92 Å². The monoisotopic (exact) mass is 283 g/mol. The van der Waals surface area contributed by atoms with Crippen molar-refractivity contribution in [1.29, 1.82) is 0 Å². The van der Waals surface area contributed by atoms with E-state index in [0.29, 0.717) is 12.4 Å². The molecule has 0 spiro atoms. The molecule has 0 aromatic carbocycles. The van der Waals surface area contributed by atoms with E-state index in [4.69, 9.17) is 5.14 Å². The van der Waals surface area contributed by atoms with Crippen LogP contribution >= 0.6 is 0 Å². The van der Waals surface area contributed by atoms with Crippen LogP contribution in [0.5, 0.6) is 0 Å². The predicted octanol–water partition coefficient (Wildman–Crippen LogP) is 0.285. The number of aromatic nitrogens is 1. The van der Waals surface area contributed by atoms with E-state index in [1.807, 2.05) is 19.1 Å². The van der Waals surface area contributed by atoms with Crippen molar-refractivity contribution in [3.05, 3.63) is 23.9 Å². The van der Waals surface area contributed by atoms with Crippen molar-refractivity contribution < 1.29 is 13.2 Å². The van der Waals surface area contributed by atoms with Gasteiger partial charge in [0.1, 0.15) is 5.82 Å². The lowest BCUT2D eigenvalue weighted by Gasteiger charge is -2.16. The van der Waals surface area contributed by atoms with Crippen molar-refractivity contribution in [1.82, 2.24) is 4.98 Å². The van der Waals surface area contributed by atoms with Gasteiger partial charge in [0.15, 0.2) is 0 Å². The summed E-state index contributed by atoms with van der Waals surface area (Å²) in [6.07, 6.45) is 2.72. The molecule has 1 aromatic rings. The number of carbonyl (C=O) groups excluding carboxylic acids is 1. The van der Waals surface area contributed by atoms with E-state index in [1.165, 1.54) is 4.90 Å². The predicted molar refractivity (Wildman–Crippen MR) is 72.0 cm³/mol. The largest absolute Gasteiger partial charge is 0.296 e. The van der Waals surface area contributed by atoms with Crippen LogP contribution in [0.4, 0.5) is 5.82 Å². The quantitative estimate of drug-likeness (QED) is 0.859. The lowest BCUT2D eigenvalue weighted by Crippen LogP contribution is -2.28. The molecule has 1 aliphatic rings. The molecule has 7 heteroatoms. The second kappa shape index (κ2) is 5.26. The topological polar surface area (TPSA) is 93.4 Å². The van der Waals surface area contributed by atoms with Gasteiger partial charge in [0.25, 0.3) is 0 Å². The van der Waals surface area contributed by atoms with Gasteiger partial charge in [-0.25, -0.2) is 18.5 Å². The van der Waals surface area contributed by atoms with Crippen molar-refractivity contribution >= 4 is 21.7 Å². The molecule has 1 unspecified atom stereocenters. The van der Waals surface area contributed by atoms with Gasteiger partial charge in [-0.15, -0.1) is 0 Å². The third kappa shape index (κ3) is 3.51. The van der Waals surface area contributed by atoms with Crippen LogP contribution in [0.1, 0.15) is 18.9 Å². The number of hydrogen-bond donors (Lipinski definition) is 1. The van der Waals surface area contributed by atoms with Crippen LogP contribution in [-0.4, -0.2) is 31.6 Å². The Balaban J connectivity index is 2.15. The summed E-state index contributed by atoms with van der Waals surface area (Å²) in [5.41, 5.74) is 1.09. The molecule has 6 nitrogen and oxygen atoms in total. The molecule has 0 radical (unpaired) electrons. The fourth-order valence-electron chi connectivity index (χ4n) is 2.27. The lowest BCUT2D eigenvalue weighted by molar-refractivity contribution is -0.117. The molecule has 2 rings (SSSR count). The Morgan fingerprint density at radius 1 is 1.53 bits per heavy atom. The van der Waals surface area contributed by atoms with Crippen LogP contribution in [0.15, 0.2) is 18.3 Å². The molecule has 0 saturated carbocycles. The summed E-state index contributed by atoms with van der Waals surface area (Å²) in [5.74, 6) is 0.0631. The number of aryl methyl sites for hydroxylation is 1. The summed E-state index contributed by atoms with van der Waals surface area (Å²) in [6, 6.07) is 3.75. The maximum absolute atomic E-state index is 11.9. The lowest BCUT2D eigenvalue weighted by atomic mass is 10.1. The minimum absolute atomic E-state index is 0.102. The Morgan fingerprint density at radius 2 is 2.26 bits per heavy atom. The Morgan fingerprint density at radius 3 is 2.89 bits per heavy atom. The molecule has 1 aromatic heterocycles. The van der Waals surface area contributed by atoms with E-state index in [-0.39, 0.29) is 24.0 Å². The number of pyridine rings is 1. The number of anilines is 1. The number of hydrogen-bond acceptors (Lipinski definition) is 4. The first-order chi connectivity index (χ1) is 8.89. The molecular formula is C12H17N3O3S. The number of rotatable bonds is 4. The Bertz CT molecular complexity index is 586. The summed E-state index contributed by atoms with van der Waals surface area (Å²) >= 11 is 0. The first-order valence-electron chi connectivity index (χ1n) is 6.15. The number of carbonyl (C=O) groups is 1. The summed E-state index contributed by atoms with van der Waals surface area (Å²) < 4.78 is 22.1. The highest BCUT2D eigenvalue weighted by Gasteiger charge is 2.33. The minimum Gasteiger partial charge on any atom is -0.296 e. The van der Waals surface area contributed by atoms with Crippen LogP contribution in [-0.2, 0) is 21.2 Å². The fraction of sp³-hybridized carbons (Fsp3) is 0.500. The molecule has 0 bridgehead atoms. The van der Waals surface area contributed by atoms with Gasteiger partial charge in [-0.05, 0) is 24.1 Å². The summed E-state index contributed by atoms with van der Waals surface area (Å²) in [6.45, 7) is 2.38. The summed E-state index contributed by atoms with van der Waals surface area (Å²) in [4.78, 5) is 17.6. The maximum Gasteiger partial charge on any atom is 0.228 e. The Kier molecular flexibility index (Phi) is 3.86. The van der Waals surface area contributed by atoms with Crippen molar-refractivity contribution in [3.8, 4) is 0 Å². The third-order valence-electron chi connectivity index (χ3n) is 3.17. The fourth-order valence-corrected chi connectivity index (χ4v) is 3.15. The number of nitrogens with two attached hydrogens (primary N) is 1. The minimum atomic E-state index is -3.55. The van der Waals surface area contributed by atoms with Crippen molar-refractivity contribution in [3.63, 3.8) is 0 Å². The maximum atomic E-state index is 11.9. The zero-order chi connectivity index (χ0) is 14.0. The molecule has 1 aliphatic heterocycles. The molecule has 1 atom stereocenters. The van der Waals surface area contributed by atoms with Crippen LogP contribution in [0.2, 0.25) is 0 Å². The number of primary sulfonamides is 1. The first-order valence-corrected chi connectivity index (χ1v) is 7.86. The van der Waals surface area contributed by atoms with Gasteiger partial charge in [0.2, 0.25) is 15.9 Å². The second-order valence-corrected chi connectivity index (χ2v) is 6.44. The van der Waals surface area contributed by atoms with Gasteiger partial charge >= 0.3 is 0 Å². The van der Waals surface area contributed by atoms with Crippen molar-refractivity contribution in [2.75, 3.05) is 17.2 Å².